The number of anilines is 1. The van der Waals surface area contributed by atoms with Gasteiger partial charge in [0.25, 0.3) is 0 Å². The van der Waals surface area contributed by atoms with Crippen LogP contribution < -0.4 is 10.2 Å². The number of imidazole rings is 1. The summed E-state index contributed by atoms with van der Waals surface area (Å²) in [5.74, 6) is 2.98. The van der Waals surface area contributed by atoms with Gasteiger partial charge in [0.1, 0.15) is 11.6 Å². The van der Waals surface area contributed by atoms with Gasteiger partial charge in [-0.3, -0.25) is 4.79 Å². The predicted octanol–water partition coefficient (Wildman–Crippen LogP) is 3.27. The molecule has 0 radical (unpaired) electrons. The summed E-state index contributed by atoms with van der Waals surface area (Å²) in [6, 6.07) is 3.98. The van der Waals surface area contributed by atoms with Crippen molar-refractivity contribution in [2.24, 2.45) is 5.92 Å². The molecule has 1 aliphatic carbocycles. The Labute approximate surface area is 167 Å². The van der Waals surface area contributed by atoms with E-state index in [2.05, 4.69) is 14.9 Å². The van der Waals surface area contributed by atoms with Crippen LogP contribution in [0.3, 0.4) is 0 Å². The first-order valence-electron chi connectivity index (χ1n) is 10.6. The number of carbonyl (C=O) groups is 1. The summed E-state index contributed by atoms with van der Waals surface area (Å²) in [6.07, 6.45) is 12.0. The van der Waals surface area contributed by atoms with E-state index in [1.165, 1.54) is 43.6 Å². The molecule has 1 fully saturated rings. The lowest BCUT2D eigenvalue weighted by atomic mass is 9.88. The minimum Gasteiger partial charge on any atom is -0.363 e. The fraction of sp³-hybridized carbons (Fsp3) is 0.591. The molecule has 0 saturated heterocycles. The van der Waals surface area contributed by atoms with Crippen LogP contribution in [0.25, 0.3) is 0 Å². The van der Waals surface area contributed by atoms with Gasteiger partial charge >= 0.3 is 0 Å². The molecule has 1 amide bonds. The number of rotatable bonds is 5. The van der Waals surface area contributed by atoms with Gasteiger partial charge in [0.2, 0.25) is 5.91 Å². The summed E-state index contributed by atoms with van der Waals surface area (Å²) in [6.45, 7) is 1.46. The molecule has 0 spiro atoms. The van der Waals surface area contributed by atoms with Gasteiger partial charge < -0.3 is 14.8 Å². The third-order valence-corrected chi connectivity index (χ3v) is 6.20. The Morgan fingerprint density at radius 3 is 2.82 bits per heavy atom. The van der Waals surface area contributed by atoms with E-state index in [1.54, 1.807) is 6.20 Å². The highest BCUT2D eigenvalue weighted by Crippen LogP contribution is 2.34. The van der Waals surface area contributed by atoms with Gasteiger partial charge in [0.15, 0.2) is 0 Å². The van der Waals surface area contributed by atoms with Crippen LogP contribution >= 0.6 is 0 Å². The Morgan fingerprint density at radius 2 is 2.04 bits per heavy atom. The van der Waals surface area contributed by atoms with Crippen molar-refractivity contribution in [2.75, 3.05) is 19.0 Å². The van der Waals surface area contributed by atoms with Crippen molar-refractivity contribution in [1.29, 1.82) is 0 Å². The topological polar surface area (TPSA) is 63.1 Å². The molecule has 2 aromatic rings. The van der Waals surface area contributed by atoms with E-state index < -0.39 is 0 Å². The molecule has 1 unspecified atom stereocenters. The molecule has 1 N–H and O–H groups in total. The minimum atomic E-state index is 0.0403. The predicted molar refractivity (Wildman–Crippen MR) is 110 cm³/mol. The summed E-state index contributed by atoms with van der Waals surface area (Å²) in [7, 11) is 3.94. The molecule has 3 heterocycles. The number of pyridine rings is 1. The lowest BCUT2D eigenvalue weighted by Gasteiger charge is -2.27. The smallest absolute Gasteiger partial charge is 0.223 e. The normalized spacial score (nSPS) is 19.9. The summed E-state index contributed by atoms with van der Waals surface area (Å²) in [4.78, 5) is 23.8. The molecule has 1 saturated carbocycles. The zero-order valence-corrected chi connectivity index (χ0v) is 17.0. The van der Waals surface area contributed by atoms with Gasteiger partial charge in [0, 0.05) is 63.5 Å². The Hall–Kier alpha value is -2.37. The molecule has 2 aliphatic rings. The molecule has 1 atom stereocenters. The second-order valence-corrected chi connectivity index (χ2v) is 8.42. The van der Waals surface area contributed by atoms with Crippen LogP contribution in [0, 0.1) is 5.92 Å². The average Bonchev–Trinajstić information content (AvgIpc) is 3.16. The lowest BCUT2D eigenvalue weighted by molar-refractivity contribution is -0.125. The van der Waals surface area contributed by atoms with Gasteiger partial charge in [0.05, 0.1) is 0 Å². The number of nitrogens with one attached hydrogen (secondary N) is 1. The third-order valence-electron chi connectivity index (χ3n) is 6.20. The maximum absolute atomic E-state index is 12.7. The van der Waals surface area contributed by atoms with E-state index in [9.17, 15) is 4.79 Å². The summed E-state index contributed by atoms with van der Waals surface area (Å²) in [5, 5.41) is 3.12. The second-order valence-electron chi connectivity index (χ2n) is 8.42. The summed E-state index contributed by atoms with van der Waals surface area (Å²) in [5.41, 5.74) is 2.30. The van der Waals surface area contributed by atoms with E-state index in [0.717, 1.165) is 30.8 Å². The van der Waals surface area contributed by atoms with E-state index in [0.29, 0.717) is 12.5 Å². The Bertz CT molecular complexity index is 822. The van der Waals surface area contributed by atoms with Crippen molar-refractivity contribution in [2.45, 2.75) is 64.0 Å². The molecule has 150 valence electrons. The molecule has 0 bridgehead atoms. The first-order chi connectivity index (χ1) is 13.6. The van der Waals surface area contributed by atoms with Gasteiger partial charge in [-0.05, 0) is 37.0 Å². The molecular weight excluding hydrogens is 350 g/mol. The average molecular weight is 382 g/mol. The number of nitrogens with zero attached hydrogens (tertiary/aromatic N) is 4. The first kappa shape index (κ1) is 19.0. The maximum Gasteiger partial charge on any atom is 0.223 e. The van der Waals surface area contributed by atoms with Crippen LogP contribution in [0.2, 0.25) is 0 Å². The zero-order chi connectivity index (χ0) is 19.5. The highest BCUT2D eigenvalue weighted by Gasteiger charge is 2.29. The quantitative estimate of drug-likeness (QED) is 0.863. The number of fused-ring (bicyclic) bond motifs is 1. The monoisotopic (exact) mass is 381 g/mol. The van der Waals surface area contributed by atoms with Crippen molar-refractivity contribution in [1.82, 2.24) is 19.9 Å². The summed E-state index contributed by atoms with van der Waals surface area (Å²) >= 11 is 0. The largest absolute Gasteiger partial charge is 0.363 e. The molecule has 4 rings (SSSR count). The van der Waals surface area contributed by atoms with Crippen LogP contribution in [0.15, 0.2) is 24.5 Å². The van der Waals surface area contributed by atoms with E-state index >= 15 is 0 Å². The molecule has 6 nitrogen and oxygen atoms in total. The molecule has 28 heavy (non-hydrogen) atoms. The third kappa shape index (κ3) is 4.05. The Balaban J connectivity index is 1.36. The van der Waals surface area contributed by atoms with Crippen molar-refractivity contribution < 1.29 is 4.79 Å². The highest BCUT2D eigenvalue weighted by molar-refractivity contribution is 5.79. The molecule has 6 heteroatoms. The first-order valence-corrected chi connectivity index (χ1v) is 10.6. The van der Waals surface area contributed by atoms with Gasteiger partial charge in [-0.1, -0.05) is 19.3 Å². The fourth-order valence-corrected chi connectivity index (χ4v) is 4.55. The van der Waals surface area contributed by atoms with E-state index in [-0.39, 0.29) is 11.8 Å². The van der Waals surface area contributed by atoms with Crippen LogP contribution in [0.4, 0.5) is 5.82 Å². The second kappa shape index (κ2) is 8.33. The van der Waals surface area contributed by atoms with E-state index in [1.807, 2.05) is 37.3 Å². The number of hydrogen-bond donors (Lipinski definition) is 1. The maximum atomic E-state index is 12.7. The number of carbonyl (C=O) groups excluding carboxylic acids is 1. The Kier molecular flexibility index (Phi) is 5.64. The molecular formula is C22H31N5O. The SMILES string of the molecule is CN(C)c1cc(CNC(=O)C2CCn3c(cnc3C3CCCCC3)C2)ccn1. The number of hydrogen-bond acceptors (Lipinski definition) is 4. The van der Waals surface area contributed by atoms with E-state index in [4.69, 9.17) is 4.98 Å². The Morgan fingerprint density at radius 1 is 1.21 bits per heavy atom. The molecule has 2 aromatic heterocycles. The summed E-state index contributed by atoms with van der Waals surface area (Å²) < 4.78 is 2.39. The molecule has 0 aromatic carbocycles. The fourth-order valence-electron chi connectivity index (χ4n) is 4.55. The van der Waals surface area contributed by atoms with Crippen LogP contribution in [-0.4, -0.2) is 34.5 Å². The van der Waals surface area contributed by atoms with Crippen LogP contribution in [0.1, 0.15) is 61.5 Å². The van der Waals surface area contributed by atoms with Gasteiger partial charge in [-0.15, -0.1) is 0 Å². The van der Waals surface area contributed by atoms with Crippen LogP contribution in [-0.2, 0) is 24.3 Å². The van der Waals surface area contributed by atoms with Crippen molar-refractivity contribution in [3.63, 3.8) is 0 Å². The van der Waals surface area contributed by atoms with Gasteiger partial charge in [-0.2, -0.15) is 0 Å². The highest BCUT2D eigenvalue weighted by atomic mass is 16.1. The van der Waals surface area contributed by atoms with Crippen molar-refractivity contribution in [3.05, 3.63) is 41.6 Å². The van der Waals surface area contributed by atoms with Gasteiger partial charge in [-0.25, -0.2) is 9.97 Å². The zero-order valence-electron chi connectivity index (χ0n) is 17.0. The van der Waals surface area contributed by atoms with Crippen LogP contribution in [0.5, 0.6) is 0 Å². The number of aromatic nitrogens is 3. The van der Waals surface area contributed by atoms with Crippen molar-refractivity contribution >= 4 is 11.7 Å². The lowest BCUT2D eigenvalue weighted by Crippen LogP contribution is -2.35. The standard InChI is InChI=1S/C22H31N5O/c1-26(2)20-12-16(8-10-23-20)14-25-22(28)18-9-11-27-19(13-18)15-24-21(27)17-6-4-3-5-7-17/h8,10,12,15,17-18H,3-7,9,11,13-14H2,1-2H3,(H,25,28). The number of amides is 1. The molecule has 1 aliphatic heterocycles. The van der Waals surface area contributed by atoms with Crippen molar-refractivity contribution in [3.8, 4) is 0 Å². The minimum absolute atomic E-state index is 0.0403.